The topological polar surface area (TPSA) is 79.0 Å². The van der Waals surface area contributed by atoms with E-state index >= 15 is 0 Å². The molecule has 0 aliphatic carbocycles. The maximum Gasteiger partial charge on any atom is 0.245 e. The molecule has 1 fully saturated rings. The first kappa shape index (κ1) is 14.8. The second-order valence-corrected chi connectivity index (χ2v) is 8.34. The van der Waals surface area contributed by atoms with Crippen LogP contribution in [0, 0.1) is 0 Å². The summed E-state index contributed by atoms with van der Waals surface area (Å²) >= 11 is 1.51. The molecule has 4 heterocycles. The molecular formula is C15H16N4O2S2. The van der Waals surface area contributed by atoms with Crippen LogP contribution in [0.1, 0.15) is 30.3 Å². The lowest BCUT2D eigenvalue weighted by Crippen LogP contribution is -2.38. The quantitative estimate of drug-likeness (QED) is 0.789. The number of piperidine rings is 1. The second kappa shape index (κ2) is 5.70. The molecule has 0 radical (unpaired) electrons. The minimum absolute atomic E-state index is 0.171. The highest BCUT2D eigenvalue weighted by Gasteiger charge is 2.36. The Balaban J connectivity index is 1.80. The van der Waals surface area contributed by atoms with Gasteiger partial charge in [-0.15, -0.1) is 11.3 Å². The van der Waals surface area contributed by atoms with E-state index in [1.807, 2.05) is 5.38 Å². The lowest BCUT2D eigenvalue weighted by Gasteiger charge is -2.33. The van der Waals surface area contributed by atoms with Crippen LogP contribution in [0.4, 0.5) is 0 Å². The number of aromatic nitrogens is 3. The van der Waals surface area contributed by atoms with Crippen molar-refractivity contribution in [3.05, 3.63) is 41.1 Å². The lowest BCUT2D eigenvalue weighted by molar-refractivity contribution is 0.255. The SMILES string of the molecule is O=S(=O)(c1c[nH]c2ncccc12)N1CCCCC1c1nccs1. The fraction of sp³-hybridized carbons (Fsp3) is 0.333. The van der Waals surface area contributed by atoms with Crippen molar-refractivity contribution in [3.8, 4) is 0 Å². The first-order valence-corrected chi connectivity index (χ1v) is 9.83. The van der Waals surface area contributed by atoms with Crippen LogP contribution >= 0.6 is 11.3 Å². The van der Waals surface area contributed by atoms with E-state index in [-0.39, 0.29) is 6.04 Å². The van der Waals surface area contributed by atoms with Crippen molar-refractivity contribution in [2.75, 3.05) is 6.54 Å². The predicted octanol–water partition coefficient (Wildman–Crippen LogP) is 2.94. The third-order valence-electron chi connectivity index (χ3n) is 4.19. The first-order chi connectivity index (χ1) is 11.2. The number of H-pyrrole nitrogens is 1. The van der Waals surface area contributed by atoms with Crippen LogP contribution in [0.15, 0.2) is 41.0 Å². The van der Waals surface area contributed by atoms with E-state index in [0.29, 0.717) is 22.5 Å². The van der Waals surface area contributed by atoms with Gasteiger partial charge in [0.05, 0.1) is 6.04 Å². The zero-order valence-electron chi connectivity index (χ0n) is 12.3. The van der Waals surface area contributed by atoms with Gasteiger partial charge >= 0.3 is 0 Å². The summed E-state index contributed by atoms with van der Waals surface area (Å²) in [6, 6.07) is 3.37. The molecule has 23 heavy (non-hydrogen) atoms. The van der Waals surface area contributed by atoms with Crippen molar-refractivity contribution in [3.63, 3.8) is 0 Å². The second-order valence-electron chi connectivity index (χ2n) is 5.55. The minimum Gasteiger partial charge on any atom is -0.345 e. The Kier molecular flexibility index (Phi) is 3.67. The third kappa shape index (κ3) is 2.46. The summed E-state index contributed by atoms with van der Waals surface area (Å²) in [6.07, 6.45) is 7.63. The molecule has 3 aromatic heterocycles. The number of sulfonamides is 1. The molecular weight excluding hydrogens is 332 g/mol. The van der Waals surface area contributed by atoms with Gasteiger partial charge in [0, 0.05) is 35.9 Å². The molecule has 0 amide bonds. The van der Waals surface area contributed by atoms with Crippen LogP contribution in [0.2, 0.25) is 0 Å². The van der Waals surface area contributed by atoms with Crippen molar-refractivity contribution in [1.29, 1.82) is 0 Å². The largest absolute Gasteiger partial charge is 0.345 e. The number of aromatic amines is 1. The van der Waals surface area contributed by atoms with E-state index in [0.717, 1.165) is 24.3 Å². The maximum absolute atomic E-state index is 13.2. The number of fused-ring (bicyclic) bond motifs is 1. The highest BCUT2D eigenvalue weighted by atomic mass is 32.2. The number of nitrogens with zero attached hydrogens (tertiary/aromatic N) is 3. The number of thiazole rings is 1. The van der Waals surface area contributed by atoms with Crippen LogP contribution < -0.4 is 0 Å². The van der Waals surface area contributed by atoms with Gasteiger partial charge < -0.3 is 4.98 Å². The van der Waals surface area contributed by atoms with Gasteiger partial charge in [0.2, 0.25) is 10.0 Å². The van der Waals surface area contributed by atoms with Gasteiger partial charge in [-0.05, 0) is 25.0 Å². The Morgan fingerprint density at radius 3 is 3.00 bits per heavy atom. The molecule has 0 saturated carbocycles. The molecule has 6 nitrogen and oxygen atoms in total. The zero-order chi connectivity index (χ0) is 15.9. The Morgan fingerprint density at radius 2 is 2.17 bits per heavy atom. The summed E-state index contributed by atoms with van der Waals surface area (Å²) in [5, 5.41) is 3.40. The van der Waals surface area contributed by atoms with Gasteiger partial charge in [-0.2, -0.15) is 4.31 Å². The summed E-state index contributed by atoms with van der Waals surface area (Å²) < 4.78 is 28.0. The Labute approximate surface area is 138 Å². The Bertz CT molecular complexity index is 918. The third-order valence-corrected chi connectivity index (χ3v) is 7.01. The smallest absolute Gasteiger partial charge is 0.245 e. The van der Waals surface area contributed by atoms with Gasteiger partial charge in [0.1, 0.15) is 15.6 Å². The fourth-order valence-electron chi connectivity index (χ4n) is 3.11. The normalized spacial score (nSPS) is 20.1. The molecule has 1 saturated heterocycles. The maximum atomic E-state index is 13.2. The molecule has 8 heteroatoms. The van der Waals surface area contributed by atoms with E-state index < -0.39 is 10.0 Å². The van der Waals surface area contributed by atoms with Gasteiger partial charge in [-0.25, -0.2) is 18.4 Å². The number of nitrogens with one attached hydrogen (secondary N) is 1. The average Bonchev–Trinajstić information content (AvgIpc) is 3.24. The monoisotopic (exact) mass is 348 g/mol. The molecule has 1 atom stereocenters. The van der Waals surface area contributed by atoms with Gasteiger partial charge in [0.15, 0.2) is 0 Å². The average molecular weight is 348 g/mol. The van der Waals surface area contributed by atoms with E-state index in [4.69, 9.17) is 0 Å². The number of hydrogen-bond acceptors (Lipinski definition) is 5. The summed E-state index contributed by atoms with van der Waals surface area (Å²) in [5.74, 6) is 0. The number of rotatable bonds is 3. The number of hydrogen-bond donors (Lipinski definition) is 1. The molecule has 120 valence electrons. The van der Waals surface area contributed by atoms with Gasteiger partial charge in [-0.3, -0.25) is 0 Å². The summed E-state index contributed by atoms with van der Waals surface area (Å²) in [4.78, 5) is 11.8. The van der Waals surface area contributed by atoms with Crippen molar-refractivity contribution in [2.24, 2.45) is 0 Å². The highest BCUT2D eigenvalue weighted by Crippen LogP contribution is 2.37. The molecule has 0 bridgehead atoms. The molecule has 3 aromatic rings. The Hall–Kier alpha value is -1.77. The van der Waals surface area contributed by atoms with Crippen LogP contribution in [0.3, 0.4) is 0 Å². The molecule has 1 aliphatic heterocycles. The van der Waals surface area contributed by atoms with Crippen LogP contribution in [0.5, 0.6) is 0 Å². The van der Waals surface area contributed by atoms with E-state index in [2.05, 4.69) is 15.0 Å². The summed E-state index contributed by atoms with van der Waals surface area (Å²) in [5.41, 5.74) is 0.592. The van der Waals surface area contributed by atoms with Gasteiger partial charge in [0.25, 0.3) is 0 Å². The van der Waals surface area contributed by atoms with Crippen LogP contribution in [-0.2, 0) is 10.0 Å². The molecule has 1 aliphatic rings. The van der Waals surface area contributed by atoms with E-state index in [1.54, 1.807) is 35.0 Å². The van der Waals surface area contributed by atoms with Gasteiger partial charge in [-0.1, -0.05) is 6.42 Å². The molecule has 0 spiro atoms. The van der Waals surface area contributed by atoms with Crippen molar-refractivity contribution in [2.45, 2.75) is 30.2 Å². The minimum atomic E-state index is -3.59. The molecule has 4 rings (SSSR count). The molecule has 1 N–H and O–H groups in total. The zero-order valence-corrected chi connectivity index (χ0v) is 14.0. The summed E-state index contributed by atoms with van der Waals surface area (Å²) in [7, 11) is -3.59. The summed E-state index contributed by atoms with van der Waals surface area (Å²) in [6.45, 7) is 0.527. The number of pyridine rings is 1. The van der Waals surface area contributed by atoms with Crippen molar-refractivity contribution in [1.82, 2.24) is 19.3 Å². The van der Waals surface area contributed by atoms with Crippen LogP contribution in [-0.4, -0.2) is 34.2 Å². The molecule has 1 unspecified atom stereocenters. The fourth-order valence-corrected chi connectivity index (χ4v) is 5.77. The predicted molar refractivity (Wildman–Crippen MR) is 88.7 cm³/mol. The Morgan fingerprint density at radius 1 is 1.26 bits per heavy atom. The highest BCUT2D eigenvalue weighted by molar-refractivity contribution is 7.89. The molecule has 0 aromatic carbocycles. The van der Waals surface area contributed by atoms with E-state index in [9.17, 15) is 8.42 Å². The van der Waals surface area contributed by atoms with Crippen molar-refractivity contribution < 1.29 is 8.42 Å². The van der Waals surface area contributed by atoms with Crippen LogP contribution in [0.25, 0.3) is 11.0 Å². The van der Waals surface area contributed by atoms with E-state index in [1.165, 1.54) is 11.3 Å². The first-order valence-electron chi connectivity index (χ1n) is 7.51. The standard InChI is InChI=1S/C15H16N4O2S2/c20-23(21,13-10-18-14-11(13)4-3-6-16-14)19-8-2-1-5-12(19)15-17-7-9-22-15/h3-4,6-7,9-10,12H,1-2,5,8H2,(H,16,18). The van der Waals surface area contributed by atoms with Crippen molar-refractivity contribution >= 4 is 32.4 Å². The lowest BCUT2D eigenvalue weighted by atomic mass is 10.1.